The highest BCUT2D eigenvalue weighted by Crippen LogP contribution is 2.23. The maximum atomic E-state index is 13.9. The number of nitriles is 1. The van der Waals surface area contributed by atoms with Crippen LogP contribution in [0.4, 0.5) is 10.1 Å². The van der Waals surface area contributed by atoms with Gasteiger partial charge in [0.15, 0.2) is 0 Å². The van der Waals surface area contributed by atoms with Gasteiger partial charge in [0.1, 0.15) is 10.7 Å². The number of aryl methyl sites for hydroxylation is 1. The standard InChI is InChI=1S/C17H13FN4O2S/c1-11-3-2-4-16(21-11)17-8-13(10-20-17)25(23,24)22-15-6-5-12(9-19)7-14(15)18/h2-8,10,20,22H,1H3. The number of halogens is 1. The summed E-state index contributed by atoms with van der Waals surface area (Å²) in [6, 6.07) is 12.1. The van der Waals surface area contributed by atoms with Gasteiger partial charge in [-0.3, -0.25) is 9.71 Å². The summed E-state index contributed by atoms with van der Waals surface area (Å²) in [7, 11) is -3.98. The van der Waals surface area contributed by atoms with Crippen molar-refractivity contribution in [3.63, 3.8) is 0 Å². The van der Waals surface area contributed by atoms with Crippen LogP contribution in [-0.2, 0) is 10.0 Å². The van der Waals surface area contributed by atoms with Crippen molar-refractivity contribution in [1.29, 1.82) is 5.26 Å². The Balaban J connectivity index is 1.90. The second-order valence-electron chi connectivity index (χ2n) is 5.33. The molecule has 25 heavy (non-hydrogen) atoms. The summed E-state index contributed by atoms with van der Waals surface area (Å²) in [5.41, 5.74) is 1.81. The number of anilines is 1. The fourth-order valence-corrected chi connectivity index (χ4v) is 3.30. The molecule has 0 saturated carbocycles. The van der Waals surface area contributed by atoms with Gasteiger partial charge in [-0.2, -0.15) is 5.26 Å². The third-order valence-electron chi connectivity index (χ3n) is 3.47. The van der Waals surface area contributed by atoms with Crippen LogP contribution in [0.1, 0.15) is 11.3 Å². The third-order valence-corrected chi connectivity index (χ3v) is 4.82. The Kier molecular flexibility index (Phi) is 4.25. The molecule has 0 aliphatic rings. The van der Waals surface area contributed by atoms with Crippen LogP contribution in [0.25, 0.3) is 11.4 Å². The zero-order valence-corrected chi connectivity index (χ0v) is 13.9. The Morgan fingerprint density at radius 2 is 2.04 bits per heavy atom. The molecule has 6 nitrogen and oxygen atoms in total. The molecule has 0 atom stereocenters. The van der Waals surface area contributed by atoms with E-state index in [1.54, 1.807) is 12.1 Å². The van der Waals surface area contributed by atoms with E-state index in [0.29, 0.717) is 11.4 Å². The lowest BCUT2D eigenvalue weighted by molar-refractivity contribution is 0.598. The van der Waals surface area contributed by atoms with Crippen LogP contribution in [0.3, 0.4) is 0 Å². The Labute approximate surface area is 144 Å². The van der Waals surface area contributed by atoms with Gasteiger partial charge < -0.3 is 4.98 Å². The first-order valence-corrected chi connectivity index (χ1v) is 8.72. The predicted molar refractivity (Wildman–Crippen MR) is 90.7 cm³/mol. The van der Waals surface area contributed by atoms with Crippen molar-refractivity contribution in [3.8, 4) is 17.5 Å². The van der Waals surface area contributed by atoms with E-state index in [1.807, 2.05) is 19.1 Å². The molecule has 0 aliphatic carbocycles. The molecule has 3 aromatic rings. The molecule has 8 heteroatoms. The van der Waals surface area contributed by atoms with Gasteiger partial charge in [-0.05, 0) is 43.3 Å². The number of nitrogens with zero attached hydrogens (tertiary/aromatic N) is 2. The SMILES string of the molecule is Cc1cccc(-c2cc(S(=O)(=O)Nc3ccc(C#N)cc3F)c[nH]2)n1. The number of benzene rings is 1. The molecule has 126 valence electrons. The topological polar surface area (TPSA) is 98.6 Å². The van der Waals surface area contributed by atoms with E-state index in [4.69, 9.17) is 5.26 Å². The molecule has 1 aromatic carbocycles. The Morgan fingerprint density at radius 3 is 2.72 bits per heavy atom. The van der Waals surface area contributed by atoms with Gasteiger partial charge in [-0.1, -0.05) is 6.07 Å². The highest BCUT2D eigenvalue weighted by molar-refractivity contribution is 7.92. The van der Waals surface area contributed by atoms with Gasteiger partial charge in [0, 0.05) is 11.9 Å². The Morgan fingerprint density at radius 1 is 1.24 bits per heavy atom. The minimum Gasteiger partial charge on any atom is -0.359 e. The van der Waals surface area contributed by atoms with Gasteiger partial charge in [-0.25, -0.2) is 12.8 Å². The highest BCUT2D eigenvalue weighted by atomic mass is 32.2. The van der Waals surface area contributed by atoms with Crippen LogP contribution in [0.2, 0.25) is 0 Å². The van der Waals surface area contributed by atoms with E-state index < -0.39 is 15.8 Å². The first-order valence-electron chi connectivity index (χ1n) is 7.24. The minimum atomic E-state index is -3.98. The zero-order valence-electron chi connectivity index (χ0n) is 13.1. The Bertz CT molecular complexity index is 1080. The quantitative estimate of drug-likeness (QED) is 0.750. The number of rotatable bonds is 4. The average Bonchev–Trinajstić information content (AvgIpc) is 3.07. The van der Waals surface area contributed by atoms with Crippen molar-refractivity contribution in [2.75, 3.05) is 4.72 Å². The maximum absolute atomic E-state index is 13.9. The van der Waals surface area contributed by atoms with Crippen LogP contribution >= 0.6 is 0 Å². The zero-order chi connectivity index (χ0) is 18.0. The molecular formula is C17H13FN4O2S. The van der Waals surface area contributed by atoms with Crippen LogP contribution < -0.4 is 4.72 Å². The number of pyridine rings is 1. The lowest BCUT2D eigenvalue weighted by atomic mass is 10.2. The van der Waals surface area contributed by atoms with Crippen LogP contribution in [0.5, 0.6) is 0 Å². The largest absolute Gasteiger partial charge is 0.359 e. The molecule has 0 bridgehead atoms. The van der Waals surface area contributed by atoms with Gasteiger partial charge in [0.25, 0.3) is 10.0 Å². The molecular weight excluding hydrogens is 343 g/mol. The molecule has 0 aliphatic heterocycles. The average molecular weight is 356 g/mol. The minimum absolute atomic E-state index is 0.0467. The summed E-state index contributed by atoms with van der Waals surface area (Å²) >= 11 is 0. The lowest BCUT2D eigenvalue weighted by Crippen LogP contribution is -2.13. The fraction of sp³-hybridized carbons (Fsp3) is 0.0588. The summed E-state index contributed by atoms with van der Waals surface area (Å²) in [6.45, 7) is 1.83. The van der Waals surface area contributed by atoms with Gasteiger partial charge in [0.2, 0.25) is 0 Å². The number of aromatic amines is 1. The van der Waals surface area contributed by atoms with E-state index >= 15 is 0 Å². The van der Waals surface area contributed by atoms with E-state index in [-0.39, 0.29) is 16.1 Å². The lowest BCUT2D eigenvalue weighted by Gasteiger charge is -2.07. The van der Waals surface area contributed by atoms with Gasteiger partial charge in [0.05, 0.1) is 28.7 Å². The van der Waals surface area contributed by atoms with Crippen molar-refractivity contribution >= 4 is 15.7 Å². The maximum Gasteiger partial charge on any atom is 0.263 e. The summed E-state index contributed by atoms with van der Waals surface area (Å²) in [5, 5.41) is 8.73. The van der Waals surface area contributed by atoms with Crippen molar-refractivity contribution in [3.05, 3.63) is 65.7 Å². The van der Waals surface area contributed by atoms with E-state index in [0.717, 1.165) is 11.8 Å². The third kappa shape index (κ3) is 3.51. The second kappa shape index (κ2) is 6.37. The monoisotopic (exact) mass is 356 g/mol. The number of H-pyrrole nitrogens is 1. The molecule has 2 aromatic heterocycles. The van der Waals surface area contributed by atoms with Crippen molar-refractivity contribution in [2.24, 2.45) is 0 Å². The van der Waals surface area contributed by atoms with Gasteiger partial charge >= 0.3 is 0 Å². The van der Waals surface area contributed by atoms with Crippen molar-refractivity contribution < 1.29 is 12.8 Å². The molecule has 0 amide bonds. The summed E-state index contributed by atoms with van der Waals surface area (Å²) in [5.74, 6) is -0.821. The fourth-order valence-electron chi connectivity index (χ4n) is 2.24. The van der Waals surface area contributed by atoms with Crippen molar-refractivity contribution in [2.45, 2.75) is 11.8 Å². The molecule has 0 spiro atoms. The normalized spacial score (nSPS) is 11.1. The van der Waals surface area contributed by atoms with Crippen LogP contribution in [0, 0.1) is 24.1 Å². The molecule has 0 radical (unpaired) electrons. The first kappa shape index (κ1) is 16.7. The summed E-state index contributed by atoms with van der Waals surface area (Å²) in [6.07, 6.45) is 1.31. The van der Waals surface area contributed by atoms with E-state index in [1.165, 1.54) is 24.4 Å². The summed E-state index contributed by atoms with van der Waals surface area (Å²) in [4.78, 5) is 7.13. The first-order chi connectivity index (χ1) is 11.9. The van der Waals surface area contributed by atoms with Gasteiger partial charge in [-0.15, -0.1) is 0 Å². The molecule has 2 heterocycles. The van der Waals surface area contributed by atoms with Crippen molar-refractivity contribution in [1.82, 2.24) is 9.97 Å². The summed E-state index contributed by atoms with van der Waals surface area (Å²) < 4.78 is 41.0. The number of hydrogen-bond acceptors (Lipinski definition) is 4. The number of sulfonamides is 1. The number of aromatic nitrogens is 2. The smallest absolute Gasteiger partial charge is 0.263 e. The number of hydrogen-bond donors (Lipinski definition) is 2. The second-order valence-corrected chi connectivity index (χ2v) is 7.01. The van der Waals surface area contributed by atoms with E-state index in [9.17, 15) is 12.8 Å². The van der Waals surface area contributed by atoms with Crippen LogP contribution in [0.15, 0.2) is 53.6 Å². The molecule has 0 saturated heterocycles. The highest BCUT2D eigenvalue weighted by Gasteiger charge is 2.19. The predicted octanol–water partition coefficient (Wildman–Crippen LogP) is 3.20. The molecule has 3 rings (SSSR count). The van der Waals surface area contributed by atoms with E-state index in [2.05, 4.69) is 14.7 Å². The number of nitrogens with one attached hydrogen (secondary N) is 2. The molecule has 0 unspecified atom stereocenters. The molecule has 2 N–H and O–H groups in total. The molecule has 0 fully saturated rings. The van der Waals surface area contributed by atoms with Crippen LogP contribution in [-0.4, -0.2) is 18.4 Å². The Hall–Kier alpha value is -3.18.